The smallest absolute Gasteiger partial charge is 0.0585 e. The Bertz CT molecular complexity index is 171. The van der Waals surface area contributed by atoms with E-state index in [9.17, 15) is 0 Å². The highest BCUT2D eigenvalue weighted by Gasteiger charge is 2.39. The molecule has 2 rings (SSSR count). The van der Waals surface area contributed by atoms with Gasteiger partial charge in [-0.2, -0.15) is 0 Å². The second-order valence-electron chi connectivity index (χ2n) is 4.84. The van der Waals surface area contributed by atoms with Crippen LogP contribution in [0.2, 0.25) is 0 Å². The van der Waals surface area contributed by atoms with E-state index in [1.54, 1.807) is 0 Å². The van der Waals surface area contributed by atoms with Crippen LogP contribution in [0.25, 0.3) is 0 Å². The number of rotatable bonds is 3. The largest absolute Gasteiger partial charge is 0.375 e. The molecule has 0 bridgehead atoms. The second kappa shape index (κ2) is 3.78. The van der Waals surface area contributed by atoms with Crippen LogP contribution in [0.3, 0.4) is 0 Å². The van der Waals surface area contributed by atoms with Crippen LogP contribution in [0.1, 0.15) is 45.4 Å². The Morgan fingerprint density at radius 2 is 2.15 bits per heavy atom. The Labute approximate surface area is 85.8 Å². The van der Waals surface area contributed by atoms with E-state index in [-0.39, 0.29) is 0 Å². The summed E-state index contributed by atoms with van der Waals surface area (Å²) in [5, 5.41) is 0. The van der Waals surface area contributed by atoms with Gasteiger partial charge in [0.05, 0.1) is 12.2 Å². The molecule has 2 aliphatic rings. The lowest BCUT2D eigenvalue weighted by Gasteiger charge is -2.42. The Morgan fingerprint density at radius 1 is 1.38 bits per heavy atom. The molecule has 2 fully saturated rings. The van der Waals surface area contributed by atoms with E-state index in [0.717, 1.165) is 5.88 Å². The summed E-state index contributed by atoms with van der Waals surface area (Å²) in [5.74, 6) is 0.835. The number of hydrogen-bond donors (Lipinski definition) is 0. The summed E-state index contributed by atoms with van der Waals surface area (Å²) < 4.78 is 5.84. The summed E-state index contributed by atoms with van der Waals surface area (Å²) in [7, 11) is 0. The van der Waals surface area contributed by atoms with E-state index >= 15 is 0 Å². The first-order chi connectivity index (χ1) is 6.24. The zero-order chi connectivity index (χ0) is 9.31. The van der Waals surface area contributed by atoms with Gasteiger partial charge in [-0.3, -0.25) is 0 Å². The summed E-state index contributed by atoms with van der Waals surface area (Å²) in [5.41, 5.74) is 0.455. The van der Waals surface area contributed by atoms with Crippen LogP contribution in [0.5, 0.6) is 0 Å². The standard InChI is InChI=1S/C11H19ClO/c1-9-3-4-10(13-9)7-11(8-12)5-2-6-11/h9-10H,2-8H2,1H3. The maximum absolute atomic E-state index is 6.02. The second-order valence-corrected chi connectivity index (χ2v) is 5.10. The molecule has 13 heavy (non-hydrogen) atoms. The van der Waals surface area contributed by atoms with Crippen molar-refractivity contribution in [3.63, 3.8) is 0 Å². The first-order valence-electron chi connectivity index (χ1n) is 5.45. The Hall–Kier alpha value is 0.250. The van der Waals surface area contributed by atoms with E-state index < -0.39 is 0 Å². The first kappa shape index (κ1) is 9.79. The zero-order valence-electron chi connectivity index (χ0n) is 8.39. The van der Waals surface area contributed by atoms with E-state index in [1.807, 2.05) is 0 Å². The third kappa shape index (κ3) is 2.02. The highest BCUT2D eigenvalue weighted by atomic mass is 35.5. The molecule has 1 saturated carbocycles. The van der Waals surface area contributed by atoms with Crippen molar-refractivity contribution in [3.8, 4) is 0 Å². The lowest BCUT2D eigenvalue weighted by molar-refractivity contribution is 0.00484. The van der Waals surface area contributed by atoms with E-state index in [2.05, 4.69) is 6.92 Å². The van der Waals surface area contributed by atoms with Gasteiger partial charge >= 0.3 is 0 Å². The van der Waals surface area contributed by atoms with Crippen LogP contribution < -0.4 is 0 Å². The minimum atomic E-state index is 0.455. The minimum Gasteiger partial charge on any atom is -0.375 e. The van der Waals surface area contributed by atoms with Crippen molar-refractivity contribution in [2.24, 2.45) is 5.41 Å². The molecule has 2 atom stereocenters. The maximum Gasteiger partial charge on any atom is 0.0585 e. The van der Waals surface area contributed by atoms with Gasteiger partial charge in [-0.15, -0.1) is 11.6 Å². The van der Waals surface area contributed by atoms with Gasteiger partial charge in [0, 0.05) is 5.88 Å². The molecule has 2 unspecified atom stereocenters. The van der Waals surface area contributed by atoms with Crippen molar-refractivity contribution in [2.45, 2.75) is 57.7 Å². The molecule has 1 nitrogen and oxygen atoms in total. The van der Waals surface area contributed by atoms with Gasteiger partial charge in [0.2, 0.25) is 0 Å². The predicted octanol–water partition coefficient (Wildman–Crippen LogP) is 3.35. The minimum absolute atomic E-state index is 0.455. The lowest BCUT2D eigenvalue weighted by Crippen LogP contribution is -2.35. The summed E-state index contributed by atoms with van der Waals surface area (Å²) in [4.78, 5) is 0. The third-order valence-electron chi connectivity index (χ3n) is 3.68. The fourth-order valence-corrected chi connectivity index (χ4v) is 2.96. The summed E-state index contributed by atoms with van der Waals surface area (Å²) >= 11 is 6.02. The van der Waals surface area contributed by atoms with E-state index in [1.165, 1.54) is 38.5 Å². The monoisotopic (exact) mass is 202 g/mol. The molecule has 1 heterocycles. The first-order valence-corrected chi connectivity index (χ1v) is 5.99. The van der Waals surface area contributed by atoms with Gasteiger partial charge in [-0.05, 0) is 44.4 Å². The molecule has 0 N–H and O–H groups in total. The molecule has 0 aromatic carbocycles. The molecule has 2 heteroatoms. The molecule has 0 amide bonds. The van der Waals surface area contributed by atoms with Crippen molar-refractivity contribution in [2.75, 3.05) is 5.88 Å². The van der Waals surface area contributed by atoms with Crippen LogP contribution in [-0.2, 0) is 4.74 Å². The highest BCUT2D eigenvalue weighted by molar-refractivity contribution is 6.18. The van der Waals surface area contributed by atoms with Crippen molar-refractivity contribution < 1.29 is 4.74 Å². The topological polar surface area (TPSA) is 9.23 Å². The summed E-state index contributed by atoms with van der Waals surface area (Å²) in [6.07, 6.45) is 8.71. The van der Waals surface area contributed by atoms with Crippen LogP contribution in [-0.4, -0.2) is 18.1 Å². The lowest BCUT2D eigenvalue weighted by atomic mass is 9.67. The predicted molar refractivity (Wildman–Crippen MR) is 55.2 cm³/mol. The van der Waals surface area contributed by atoms with Gasteiger partial charge in [-0.1, -0.05) is 6.42 Å². The van der Waals surface area contributed by atoms with Crippen LogP contribution in [0.4, 0.5) is 0 Å². The number of halogens is 1. The fourth-order valence-electron chi connectivity index (χ4n) is 2.59. The average molecular weight is 203 g/mol. The van der Waals surface area contributed by atoms with Gasteiger partial charge in [0.25, 0.3) is 0 Å². The highest BCUT2D eigenvalue weighted by Crippen LogP contribution is 2.47. The normalized spacial score (nSPS) is 37.4. The summed E-state index contributed by atoms with van der Waals surface area (Å²) in [6.45, 7) is 2.17. The van der Waals surface area contributed by atoms with Crippen molar-refractivity contribution in [1.29, 1.82) is 0 Å². The van der Waals surface area contributed by atoms with E-state index in [4.69, 9.17) is 16.3 Å². The van der Waals surface area contributed by atoms with Gasteiger partial charge in [0.1, 0.15) is 0 Å². The van der Waals surface area contributed by atoms with Crippen LogP contribution in [0.15, 0.2) is 0 Å². The number of ether oxygens (including phenoxy) is 1. The average Bonchev–Trinajstić information content (AvgIpc) is 2.44. The quantitative estimate of drug-likeness (QED) is 0.638. The molecule has 1 aliphatic carbocycles. The van der Waals surface area contributed by atoms with Crippen molar-refractivity contribution in [3.05, 3.63) is 0 Å². The molecule has 1 saturated heterocycles. The molecule has 76 valence electrons. The molecule has 1 aliphatic heterocycles. The van der Waals surface area contributed by atoms with Crippen LogP contribution in [0, 0.1) is 5.41 Å². The van der Waals surface area contributed by atoms with Crippen molar-refractivity contribution >= 4 is 11.6 Å². The molecule has 0 spiro atoms. The Morgan fingerprint density at radius 3 is 2.54 bits per heavy atom. The third-order valence-corrected chi connectivity index (χ3v) is 4.25. The molecule has 0 aromatic rings. The molecule has 0 aromatic heterocycles. The Balaban J connectivity index is 1.83. The van der Waals surface area contributed by atoms with Gasteiger partial charge in [-0.25, -0.2) is 0 Å². The SMILES string of the molecule is CC1CCC(CC2(CCl)CCC2)O1. The maximum atomic E-state index is 6.02. The van der Waals surface area contributed by atoms with E-state index in [0.29, 0.717) is 17.6 Å². The molecular weight excluding hydrogens is 184 g/mol. The molecular formula is C11H19ClO. The van der Waals surface area contributed by atoms with Gasteiger partial charge < -0.3 is 4.74 Å². The van der Waals surface area contributed by atoms with Crippen molar-refractivity contribution in [1.82, 2.24) is 0 Å². The Kier molecular flexibility index (Phi) is 2.85. The fraction of sp³-hybridized carbons (Fsp3) is 1.00. The number of hydrogen-bond acceptors (Lipinski definition) is 1. The van der Waals surface area contributed by atoms with Gasteiger partial charge in [0.15, 0.2) is 0 Å². The zero-order valence-corrected chi connectivity index (χ0v) is 9.15. The molecule has 0 radical (unpaired) electrons. The summed E-state index contributed by atoms with van der Waals surface area (Å²) in [6, 6.07) is 0. The van der Waals surface area contributed by atoms with Crippen LogP contribution >= 0.6 is 11.6 Å². The number of alkyl halides is 1.